The van der Waals surface area contributed by atoms with E-state index in [1.807, 2.05) is 0 Å². The molecule has 1 aliphatic carbocycles. The number of nitrogens with one attached hydrogen (secondary N) is 1. The van der Waals surface area contributed by atoms with Gasteiger partial charge in [-0.05, 0) is 84.6 Å². The van der Waals surface area contributed by atoms with E-state index in [9.17, 15) is 0 Å². The molecule has 1 aliphatic heterocycles. The Labute approximate surface area is 260 Å². The maximum Gasteiger partial charge on any atom is 0.0469 e. The van der Waals surface area contributed by atoms with E-state index >= 15 is 0 Å². The quantitative estimate of drug-likeness (QED) is 0.265. The van der Waals surface area contributed by atoms with Crippen LogP contribution in [0.1, 0.15) is 98.1 Å². The number of nitrogens with zero attached hydrogens (tertiary/aromatic N) is 1. The minimum atomic E-state index is -0.138. The van der Waals surface area contributed by atoms with Crippen LogP contribution in [0.4, 0.5) is 11.4 Å². The minimum Gasteiger partial charge on any atom is -0.385 e. The molecule has 4 rings (SSSR count). The van der Waals surface area contributed by atoms with Crippen molar-refractivity contribution in [1.82, 2.24) is 0 Å². The molecule has 0 fully saturated rings. The number of anilines is 2. The van der Waals surface area contributed by atoms with Crippen molar-refractivity contribution < 1.29 is 0 Å². The fourth-order valence-corrected chi connectivity index (χ4v) is 6.85. The molecular formula is C39H51ClN2. The zero-order valence-corrected chi connectivity index (χ0v) is 27.7. The summed E-state index contributed by atoms with van der Waals surface area (Å²) in [5.41, 5.74) is 10.3. The molecule has 0 radical (unpaired) electrons. The summed E-state index contributed by atoms with van der Waals surface area (Å²) in [6.45, 7) is 18.0. The van der Waals surface area contributed by atoms with Gasteiger partial charge in [-0.25, -0.2) is 0 Å². The van der Waals surface area contributed by atoms with Gasteiger partial charge in [-0.1, -0.05) is 121 Å². The number of para-hydroxylation sites is 2. The van der Waals surface area contributed by atoms with Gasteiger partial charge in [-0.15, -0.1) is 0 Å². The predicted molar refractivity (Wildman–Crippen MR) is 186 cm³/mol. The average Bonchev–Trinajstić information content (AvgIpc) is 3.19. The van der Waals surface area contributed by atoms with Gasteiger partial charge in [-0.2, -0.15) is 0 Å². The summed E-state index contributed by atoms with van der Waals surface area (Å²) in [6.07, 6.45) is 18.0. The molecule has 2 aliphatic rings. The molecule has 42 heavy (non-hydrogen) atoms. The Balaban J connectivity index is 1.65. The highest BCUT2D eigenvalue weighted by Crippen LogP contribution is 2.48. The van der Waals surface area contributed by atoms with Crippen LogP contribution in [-0.2, 0) is 10.8 Å². The fraction of sp³-hybridized carbons (Fsp3) is 0.436. The topological polar surface area (TPSA) is 15.3 Å². The van der Waals surface area contributed by atoms with E-state index in [0.29, 0.717) is 0 Å². The van der Waals surface area contributed by atoms with Crippen molar-refractivity contribution in [3.63, 3.8) is 0 Å². The number of hydrogen-bond donors (Lipinski definition) is 1. The van der Waals surface area contributed by atoms with E-state index in [1.165, 1.54) is 44.9 Å². The van der Waals surface area contributed by atoms with Gasteiger partial charge in [0.15, 0.2) is 0 Å². The molecule has 2 aromatic rings. The van der Waals surface area contributed by atoms with Gasteiger partial charge < -0.3 is 10.2 Å². The van der Waals surface area contributed by atoms with Crippen LogP contribution in [0.2, 0.25) is 0 Å². The van der Waals surface area contributed by atoms with Crippen molar-refractivity contribution in [3.05, 3.63) is 117 Å². The van der Waals surface area contributed by atoms with E-state index in [4.69, 9.17) is 11.6 Å². The number of allylic oxidation sites excluding steroid dienone is 10. The van der Waals surface area contributed by atoms with Crippen LogP contribution in [0.15, 0.2) is 106 Å². The maximum absolute atomic E-state index is 7.15. The zero-order chi connectivity index (χ0) is 30.3. The van der Waals surface area contributed by atoms with Gasteiger partial charge >= 0.3 is 0 Å². The molecule has 0 atom stereocenters. The Morgan fingerprint density at radius 3 is 2.45 bits per heavy atom. The molecule has 0 spiro atoms. The third kappa shape index (κ3) is 6.65. The van der Waals surface area contributed by atoms with Crippen LogP contribution in [0.5, 0.6) is 0 Å². The van der Waals surface area contributed by atoms with Crippen LogP contribution < -0.4 is 10.2 Å². The summed E-state index contributed by atoms with van der Waals surface area (Å²) >= 11 is 7.15. The molecule has 224 valence electrons. The lowest BCUT2D eigenvalue weighted by atomic mass is 9.76. The van der Waals surface area contributed by atoms with Crippen LogP contribution >= 0.6 is 11.6 Å². The summed E-state index contributed by atoms with van der Waals surface area (Å²) in [7, 11) is 0. The maximum atomic E-state index is 7.15. The Morgan fingerprint density at radius 2 is 1.71 bits per heavy atom. The molecule has 0 saturated heterocycles. The van der Waals surface area contributed by atoms with Crippen molar-refractivity contribution in [1.29, 1.82) is 0 Å². The predicted octanol–water partition coefficient (Wildman–Crippen LogP) is 11.4. The summed E-state index contributed by atoms with van der Waals surface area (Å²) in [5, 5.41) is 4.57. The summed E-state index contributed by atoms with van der Waals surface area (Å²) < 4.78 is 0. The van der Waals surface area contributed by atoms with Crippen molar-refractivity contribution >= 4 is 23.0 Å². The highest BCUT2D eigenvalue weighted by atomic mass is 35.5. The molecule has 0 aromatic heterocycles. The Kier molecular flexibility index (Phi) is 10.7. The van der Waals surface area contributed by atoms with E-state index in [-0.39, 0.29) is 10.8 Å². The molecule has 1 N–H and O–H groups in total. The molecule has 2 aromatic carbocycles. The zero-order valence-electron chi connectivity index (χ0n) is 27.0. The first-order chi connectivity index (χ1) is 20.2. The van der Waals surface area contributed by atoms with Gasteiger partial charge in [0, 0.05) is 46.0 Å². The van der Waals surface area contributed by atoms with Crippen molar-refractivity contribution in [2.45, 2.75) is 97.8 Å². The lowest BCUT2D eigenvalue weighted by molar-refractivity contribution is 0.629. The van der Waals surface area contributed by atoms with Gasteiger partial charge in [0.05, 0.1) is 0 Å². The first-order valence-corrected chi connectivity index (χ1v) is 16.4. The second kappa shape index (κ2) is 14.0. The van der Waals surface area contributed by atoms with Gasteiger partial charge in [-0.3, -0.25) is 0 Å². The van der Waals surface area contributed by atoms with Crippen LogP contribution in [0.3, 0.4) is 0 Å². The van der Waals surface area contributed by atoms with Gasteiger partial charge in [0.25, 0.3) is 0 Å². The summed E-state index contributed by atoms with van der Waals surface area (Å²) in [6, 6.07) is 17.6. The summed E-state index contributed by atoms with van der Waals surface area (Å²) in [5.74, 6) is 0. The lowest BCUT2D eigenvalue weighted by Crippen LogP contribution is -2.26. The first-order valence-electron chi connectivity index (χ1n) is 16.1. The Morgan fingerprint density at radius 1 is 0.976 bits per heavy atom. The smallest absolute Gasteiger partial charge is 0.0469 e. The highest BCUT2D eigenvalue weighted by Gasteiger charge is 2.39. The minimum absolute atomic E-state index is 0.0376. The number of benzene rings is 2. The molecule has 1 heterocycles. The van der Waals surface area contributed by atoms with E-state index in [2.05, 4.69) is 138 Å². The lowest BCUT2D eigenvalue weighted by Gasteiger charge is -2.30. The molecule has 0 unspecified atom stereocenters. The van der Waals surface area contributed by atoms with Crippen LogP contribution in [0.25, 0.3) is 0 Å². The second-order valence-corrected chi connectivity index (χ2v) is 13.1. The second-order valence-electron chi connectivity index (χ2n) is 12.7. The van der Waals surface area contributed by atoms with Crippen molar-refractivity contribution in [3.8, 4) is 0 Å². The SMILES string of the molecule is CCC=C(/C=C/C1=C(Cl)C(=C/C=C2/N(CCC)c3ccccc3C2(C)C)/CCC1)C(C)(C)c1ccccc1NCCC. The van der Waals surface area contributed by atoms with Crippen LogP contribution in [-0.4, -0.2) is 13.1 Å². The monoisotopic (exact) mass is 582 g/mol. The van der Waals surface area contributed by atoms with E-state index < -0.39 is 0 Å². The third-order valence-electron chi connectivity index (χ3n) is 8.92. The van der Waals surface area contributed by atoms with Crippen LogP contribution in [0, 0.1) is 0 Å². The largest absolute Gasteiger partial charge is 0.385 e. The number of hydrogen-bond acceptors (Lipinski definition) is 2. The van der Waals surface area contributed by atoms with Crippen molar-refractivity contribution in [2.24, 2.45) is 0 Å². The standard InChI is InChI=1S/C39H51ClN2/c1-8-16-31(38(4,5)32-19-11-13-21-34(32)41-27-9-2)25-23-29-17-15-18-30(37(29)40)24-26-36-39(6,7)33-20-12-14-22-35(33)42(36)28-10-3/h11-14,16,19-26,41H,8-10,15,17-18,27-28H2,1-7H3/b25-23+,30-24+,31-16?,36-26+. The molecule has 0 saturated carbocycles. The van der Waals surface area contributed by atoms with E-state index in [1.54, 1.807) is 0 Å². The van der Waals surface area contributed by atoms with Gasteiger partial charge in [0.1, 0.15) is 0 Å². The number of halogens is 1. The number of fused-ring (bicyclic) bond motifs is 1. The van der Waals surface area contributed by atoms with E-state index in [0.717, 1.165) is 56.6 Å². The molecule has 0 bridgehead atoms. The van der Waals surface area contributed by atoms with Crippen molar-refractivity contribution in [2.75, 3.05) is 23.3 Å². The fourth-order valence-electron chi connectivity index (χ4n) is 6.53. The molecule has 2 nitrogen and oxygen atoms in total. The molecular weight excluding hydrogens is 532 g/mol. The third-order valence-corrected chi connectivity index (χ3v) is 9.41. The van der Waals surface area contributed by atoms with Gasteiger partial charge in [0.2, 0.25) is 0 Å². The number of rotatable bonds is 11. The Hall–Kier alpha value is -2.97. The highest BCUT2D eigenvalue weighted by molar-refractivity contribution is 6.32. The normalized spacial score (nSPS) is 19.3. The summed E-state index contributed by atoms with van der Waals surface area (Å²) in [4.78, 5) is 2.50. The molecule has 0 amide bonds. The molecule has 3 heteroatoms. The first kappa shape index (κ1) is 32.0. The Bertz CT molecular complexity index is 1400. The average molecular weight is 583 g/mol.